The molecule has 0 saturated carbocycles. The van der Waals surface area contributed by atoms with Gasteiger partial charge in [-0.15, -0.1) is 0 Å². The maximum absolute atomic E-state index is 12.9. The summed E-state index contributed by atoms with van der Waals surface area (Å²) in [5.41, 5.74) is 0. The molecule has 0 bridgehead atoms. The van der Waals surface area contributed by atoms with E-state index in [1.807, 2.05) is 0 Å². The van der Waals surface area contributed by atoms with Gasteiger partial charge in [-0.3, -0.25) is 14.4 Å². The van der Waals surface area contributed by atoms with E-state index >= 15 is 0 Å². The first-order valence-electron chi connectivity index (χ1n) is 30.5. The molecule has 0 N–H and O–H groups in total. The largest absolute Gasteiger partial charge is 0.462 e. The van der Waals surface area contributed by atoms with E-state index in [0.29, 0.717) is 19.3 Å². The molecule has 6 nitrogen and oxygen atoms in total. The third kappa shape index (κ3) is 56.4. The number of hydrogen-bond donors (Lipinski definition) is 0. The van der Waals surface area contributed by atoms with Crippen LogP contribution in [0.1, 0.15) is 329 Å². The summed E-state index contributed by atoms with van der Waals surface area (Å²) < 4.78 is 16.9. The third-order valence-corrected chi connectivity index (χ3v) is 13.6. The van der Waals surface area contributed by atoms with Crippen LogP contribution < -0.4 is 0 Å². The van der Waals surface area contributed by atoms with Gasteiger partial charge in [0.25, 0.3) is 0 Å². The molecule has 0 unspecified atom stereocenters. The van der Waals surface area contributed by atoms with Gasteiger partial charge in [0, 0.05) is 19.3 Å². The molecular weight excluding hydrogens is 853 g/mol. The van der Waals surface area contributed by atoms with Crippen LogP contribution in [0.3, 0.4) is 0 Å². The summed E-state index contributed by atoms with van der Waals surface area (Å²) in [7, 11) is 0. The Morgan fingerprint density at radius 3 is 0.739 bits per heavy atom. The van der Waals surface area contributed by atoms with Gasteiger partial charge < -0.3 is 14.2 Å². The lowest BCUT2D eigenvalue weighted by Crippen LogP contribution is -2.30. The summed E-state index contributed by atoms with van der Waals surface area (Å²) in [5.74, 6) is -0.869. The van der Waals surface area contributed by atoms with Gasteiger partial charge in [0.1, 0.15) is 13.2 Å². The molecule has 69 heavy (non-hydrogen) atoms. The molecule has 0 aliphatic carbocycles. The lowest BCUT2D eigenvalue weighted by molar-refractivity contribution is -0.167. The Kier molecular flexibility index (Phi) is 56.2. The summed E-state index contributed by atoms with van der Waals surface area (Å²) in [6.07, 6.45) is 69.9. The van der Waals surface area contributed by atoms with Crippen molar-refractivity contribution in [1.29, 1.82) is 0 Å². The number of unbranched alkanes of at least 4 members (excludes halogenated alkanes) is 39. The fraction of sp³-hybridized carbons (Fsp3) is 0.857. The van der Waals surface area contributed by atoms with Crippen LogP contribution >= 0.6 is 0 Å². The highest BCUT2D eigenvalue weighted by molar-refractivity contribution is 5.71. The lowest BCUT2D eigenvalue weighted by Gasteiger charge is -2.18. The zero-order valence-corrected chi connectivity index (χ0v) is 46.3. The van der Waals surface area contributed by atoms with Crippen molar-refractivity contribution in [3.63, 3.8) is 0 Å². The minimum Gasteiger partial charge on any atom is -0.462 e. The molecule has 0 aliphatic rings. The topological polar surface area (TPSA) is 78.9 Å². The fourth-order valence-electron chi connectivity index (χ4n) is 8.96. The van der Waals surface area contributed by atoms with E-state index in [4.69, 9.17) is 14.2 Å². The Bertz CT molecular complexity index is 1160. The number of esters is 3. The Morgan fingerprint density at radius 2 is 0.478 bits per heavy atom. The molecule has 0 aromatic rings. The summed E-state index contributed by atoms with van der Waals surface area (Å²) in [5, 5.41) is 0. The van der Waals surface area contributed by atoms with Gasteiger partial charge in [0.05, 0.1) is 0 Å². The van der Waals surface area contributed by atoms with Crippen molar-refractivity contribution in [3.05, 3.63) is 36.5 Å². The Balaban J connectivity index is 4.32. The minimum absolute atomic E-state index is 0.0740. The third-order valence-electron chi connectivity index (χ3n) is 13.6. The van der Waals surface area contributed by atoms with Crippen molar-refractivity contribution in [2.24, 2.45) is 0 Å². The quantitative estimate of drug-likeness (QED) is 0.0261. The summed E-state index contributed by atoms with van der Waals surface area (Å²) in [6.45, 7) is 6.65. The molecule has 0 radical (unpaired) electrons. The molecule has 0 spiro atoms. The van der Waals surface area contributed by atoms with Crippen molar-refractivity contribution in [3.8, 4) is 0 Å². The number of rotatable bonds is 56. The van der Waals surface area contributed by atoms with Crippen LogP contribution in [-0.4, -0.2) is 37.2 Å². The van der Waals surface area contributed by atoms with Crippen LogP contribution in [0.2, 0.25) is 0 Å². The molecule has 404 valence electrons. The number of hydrogen-bond acceptors (Lipinski definition) is 6. The van der Waals surface area contributed by atoms with Crippen molar-refractivity contribution >= 4 is 17.9 Å². The molecule has 0 amide bonds. The molecular formula is C63H116O6. The van der Waals surface area contributed by atoms with Crippen LogP contribution in [0.4, 0.5) is 0 Å². The molecule has 0 heterocycles. The summed E-state index contributed by atoms with van der Waals surface area (Å²) >= 11 is 0. The van der Waals surface area contributed by atoms with E-state index in [1.54, 1.807) is 0 Å². The second kappa shape index (κ2) is 58.2. The molecule has 0 aliphatic heterocycles. The van der Waals surface area contributed by atoms with Crippen molar-refractivity contribution < 1.29 is 28.6 Å². The fourth-order valence-corrected chi connectivity index (χ4v) is 8.96. The minimum atomic E-state index is -0.776. The zero-order chi connectivity index (χ0) is 50.0. The highest BCUT2D eigenvalue weighted by atomic mass is 16.6. The molecule has 0 aromatic heterocycles. The SMILES string of the molecule is CCCCCC/C=C/CCCCCCCC(=O)OC[C@H](COC(=O)CCCCCCCCCCC/C=C/CCCCCCCC)OC(=O)CCCCCCCCCCC/C=C/CCCCCCCC. The zero-order valence-electron chi connectivity index (χ0n) is 46.3. The van der Waals surface area contributed by atoms with E-state index in [1.165, 1.54) is 225 Å². The Hall–Kier alpha value is -2.37. The van der Waals surface area contributed by atoms with E-state index < -0.39 is 6.10 Å². The van der Waals surface area contributed by atoms with Crippen LogP contribution in [0.15, 0.2) is 36.5 Å². The van der Waals surface area contributed by atoms with Gasteiger partial charge in [-0.25, -0.2) is 0 Å². The molecule has 0 aromatic carbocycles. The molecule has 0 fully saturated rings. The van der Waals surface area contributed by atoms with Crippen LogP contribution in [0.25, 0.3) is 0 Å². The van der Waals surface area contributed by atoms with Gasteiger partial charge in [-0.1, -0.05) is 250 Å². The first-order valence-corrected chi connectivity index (χ1v) is 30.5. The predicted octanol–water partition coefficient (Wildman–Crippen LogP) is 20.4. The van der Waals surface area contributed by atoms with Crippen LogP contribution in [0.5, 0.6) is 0 Å². The standard InChI is InChI=1S/C63H116O6/c1-4-7-10-13-16-19-22-25-27-29-31-33-35-38-41-44-47-50-53-56-62(65)68-59-60(58-67-61(64)55-52-49-46-43-40-37-24-21-18-15-12-9-6-3)69-63(66)57-54-51-48-45-42-39-36-34-32-30-28-26-23-20-17-14-11-8-5-2/h21,24-28,60H,4-20,22-23,29-59H2,1-3H3/b24-21+,27-25+,28-26+/t60-/m1/s1. The normalized spacial score (nSPS) is 12.2. The van der Waals surface area contributed by atoms with Crippen LogP contribution in [-0.2, 0) is 28.6 Å². The number of carbonyl (C=O) groups excluding carboxylic acids is 3. The van der Waals surface area contributed by atoms with E-state index in [2.05, 4.69) is 57.2 Å². The smallest absolute Gasteiger partial charge is 0.306 e. The molecule has 0 rings (SSSR count). The number of ether oxygens (including phenoxy) is 3. The van der Waals surface area contributed by atoms with E-state index in [9.17, 15) is 14.4 Å². The second-order valence-corrected chi connectivity index (χ2v) is 20.6. The maximum Gasteiger partial charge on any atom is 0.306 e. The monoisotopic (exact) mass is 969 g/mol. The van der Waals surface area contributed by atoms with Gasteiger partial charge >= 0.3 is 17.9 Å². The van der Waals surface area contributed by atoms with Crippen molar-refractivity contribution in [2.75, 3.05) is 13.2 Å². The number of allylic oxidation sites excluding steroid dienone is 6. The average Bonchev–Trinajstić information content (AvgIpc) is 3.35. The average molecular weight is 970 g/mol. The Morgan fingerprint density at radius 1 is 0.275 bits per heavy atom. The van der Waals surface area contributed by atoms with Crippen molar-refractivity contribution in [2.45, 2.75) is 335 Å². The molecule has 0 saturated heterocycles. The lowest BCUT2D eigenvalue weighted by atomic mass is 10.1. The highest BCUT2D eigenvalue weighted by Crippen LogP contribution is 2.16. The summed E-state index contributed by atoms with van der Waals surface area (Å²) in [4.78, 5) is 38.2. The van der Waals surface area contributed by atoms with E-state index in [-0.39, 0.29) is 31.1 Å². The van der Waals surface area contributed by atoms with Gasteiger partial charge in [-0.2, -0.15) is 0 Å². The first kappa shape index (κ1) is 66.6. The van der Waals surface area contributed by atoms with Gasteiger partial charge in [0.2, 0.25) is 0 Å². The number of carbonyl (C=O) groups is 3. The van der Waals surface area contributed by atoms with Crippen LogP contribution in [0, 0.1) is 0 Å². The maximum atomic E-state index is 12.9. The molecule has 1 atom stereocenters. The van der Waals surface area contributed by atoms with E-state index in [0.717, 1.165) is 64.2 Å². The Labute approximate surface area is 429 Å². The first-order chi connectivity index (χ1) is 34.0. The predicted molar refractivity (Wildman–Crippen MR) is 298 cm³/mol. The molecule has 6 heteroatoms. The van der Waals surface area contributed by atoms with Gasteiger partial charge in [-0.05, 0) is 96.3 Å². The van der Waals surface area contributed by atoms with Gasteiger partial charge in [0.15, 0.2) is 6.10 Å². The highest BCUT2D eigenvalue weighted by Gasteiger charge is 2.19. The second-order valence-electron chi connectivity index (χ2n) is 20.6. The summed E-state index contributed by atoms with van der Waals surface area (Å²) in [6, 6.07) is 0. The van der Waals surface area contributed by atoms with Crippen molar-refractivity contribution in [1.82, 2.24) is 0 Å².